The van der Waals surface area contributed by atoms with Crippen LogP contribution in [0.3, 0.4) is 0 Å². The monoisotopic (exact) mass is 1560 g/mol. The summed E-state index contributed by atoms with van der Waals surface area (Å²) in [5.74, 6) is 0. The van der Waals surface area contributed by atoms with Gasteiger partial charge in [-0.15, -0.1) is 0 Å². The largest absolute Gasteiger partial charge is 1.00 e. The molecular weight excluding hydrogens is 1470 g/mol. The molecule has 90 heavy (non-hydrogen) atoms. The van der Waals surface area contributed by atoms with Crippen molar-refractivity contribution in [1.82, 2.24) is 18.3 Å². The number of aliphatic hydroxyl groups is 2. The van der Waals surface area contributed by atoms with Crippen LogP contribution in [0.2, 0.25) is 0 Å². The topological polar surface area (TPSA) is 75.7 Å². The van der Waals surface area contributed by atoms with Gasteiger partial charge in [0, 0.05) is 0 Å². The van der Waals surface area contributed by atoms with Crippen LogP contribution in [0, 0.1) is 25.3 Å². The molecule has 12 aromatic rings. The van der Waals surface area contributed by atoms with E-state index >= 15 is 0 Å². The zero-order valence-electron chi connectivity index (χ0n) is 52.8. The number of hydrogen-bond donors (Lipinski definition) is 2. The van der Waals surface area contributed by atoms with Crippen molar-refractivity contribution in [3.8, 4) is 0 Å². The van der Waals surface area contributed by atoms with Crippen LogP contribution in [0.5, 0.6) is 0 Å². The molecule has 4 heterocycles. The number of hydrogen-bond acceptors (Lipinski definition) is 2. The predicted molar refractivity (Wildman–Crippen MR) is 359 cm³/mol. The first-order chi connectivity index (χ1) is 42.9. The minimum absolute atomic E-state index is 0. The van der Waals surface area contributed by atoms with E-state index in [2.05, 4.69) is 323 Å². The summed E-state index contributed by atoms with van der Waals surface area (Å²) in [5, 5.41) is 19.3. The van der Waals surface area contributed by atoms with E-state index in [0.717, 1.165) is 0 Å². The summed E-state index contributed by atoms with van der Waals surface area (Å²) in [7, 11) is 0. The Kier molecular flexibility index (Phi) is 26.1. The van der Waals surface area contributed by atoms with Gasteiger partial charge in [-0.3, -0.25) is 0 Å². The summed E-state index contributed by atoms with van der Waals surface area (Å²) >= 11 is 0. The third-order valence-corrected chi connectivity index (χ3v) is 16.7. The predicted octanol–water partition coefficient (Wildman–Crippen LogP) is 7.45. The van der Waals surface area contributed by atoms with Gasteiger partial charge in [0.2, 0.25) is 37.6 Å². The molecule has 0 aliphatic heterocycles. The van der Waals surface area contributed by atoms with Crippen molar-refractivity contribution in [2.45, 2.75) is 91.9 Å². The Hall–Kier alpha value is -7.87. The van der Waals surface area contributed by atoms with Crippen molar-refractivity contribution in [1.29, 1.82) is 0 Å². The van der Waals surface area contributed by atoms with E-state index in [0.29, 0.717) is 24.2 Å². The standard InChI is InChI=1S/2C24H20B.2C14H22N4O.2Au/c2*1-5-13-21(14-6-1)25(22-15-7-2-8-16-22,23-17-9-3-10-18-23)24-19-11-4-12-20-24;2*1-12(2)15-5-7-17(10-15)14(9-19)18-8-6-16(11-18)13(3)4;;/h2*1-20H;2*5-8,12-14,19H,9H2,1-4H3;;/q2*-1;;;2*+1. The van der Waals surface area contributed by atoms with Gasteiger partial charge < -0.3 is 46.7 Å². The molecule has 4 aromatic heterocycles. The fourth-order valence-electron chi connectivity index (χ4n) is 12.1. The van der Waals surface area contributed by atoms with Crippen molar-refractivity contribution >= 4 is 56.0 Å². The smallest absolute Gasteiger partial charge is 0.388 e. The summed E-state index contributed by atoms with van der Waals surface area (Å²) < 4.78 is 15.5. The molecule has 0 aliphatic carbocycles. The number of nitrogens with zero attached hydrogens (tertiary/aromatic N) is 8. The van der Waals surface area contributed by atoms with Crippen LogP contribution in [-0.2, 0) is 44.8 Å². The molecule has 10 nitrogen and oxygen atoms in total. The molecule has 0 saturated heterocycles. The summed E-state index contributed by atoms with van der Waals surface area (Å²) in [5.41, 5.74) is 10.7. The number of aliphatic hydroxyl groups excluding tert-OH is 2. The van der Waals surface area contributed by atoms with Crippen LogP contribution in [0.4, 0.5) is 0 Å². The van der Waals surface area contributed by atoms with Crippen LogP contribution in [0.1, 0.15) is 91.9 Å². The molecule has 0 amide bonds. The molecule has 14 heteroatoms. The van der Waals surface area contributed by atoms with Crippen LogP contribution in [-0.4, -0.2) is 54.0 Å². The minimum Gasteiger partial charge on any atom is -0.388 e. The second-order valence-electron chi connectivity index (χ2n) is 23.6. The van der Waals surface area contributed by atoms with Crippen LogP contribution < -0.4 is 62.0 Å². The zero-order chi connectivity index (χ0) is 61.9. The Labute approximate surface area is 565 Å². The molecule has 0 aliphatic rings. The Morgan fingerprint density at radius 1 is 0.289 bits per heavy atom. The van der Waals surface area contributed by atoms with Crippen LogP contribution in [0.25, 0.3) is 0 Å². The molecular formula is C76H84Au2B2N8O2. The molecule has 0 fully saturated rings. The Morgan fingerprint density at radius 2 is 0.467 bits per heavy atom. The first-order valence-corrected chi connectivity index (χ1v) is 30.9. The van der Waals surface area contributed by atoms with E-state index in [9.17, 15) is 10.2 Å². The second kappa shape index (κ2) is 33.8. The molecule has 0 spiro atoms. The fraction of sp³-hybridized carbons (Fsp3) is 0.211. The Bertz CT molecular complexity index is 3250. The first kappa shape index (κ1) is 69.6. The van der Waals surface area contributed by atoms with Gasteiger partial charge in [-0.05, 0) is 105 Å². The molecule has 2 N–H and O–H groups in total. The number of rotatable bonds is 18. The molecule has 0 unspecified atom stereocenters. The van der Waals surface area contributed by atoms with Gasteiger partial charge in [-0.2, -0.15) is 43.7 Å². The maximum Gasteiger partial charge on any atom is 1.00 e. The number of benzene rings is 8. The van der Waals surface area contributed by atoms with Gasteiger partial charge in [0.25, 0.3) is 0 Å². The summed E-state index contributed by atoms with van der Waals surface area (Å²) in [6.45, 7) is 16.8. The van der Waals surface area contributed by atoms with Gasteiger partial charge in [0.15, 0.2) is 0 Å². The maximum atomic E-state index is 9.63. The molecule has 468 valence electrons. The Balaban J connectivity index is 0.000000171. The SMILES string of the molecule is CC(C)n1[c-][n+](C(CO)n2[c-][n+](C(C)C)cc2)cc1.CC(C)n1[c-][n+](C(CO)n2[c-][n+](C(C)C)cc2)cc1.[Au+].[Au+].c1ccc([B-](c2ccccc2)(c2ccccc2)c2ccccc2)cc1.c1ccc([B-](c2ccccc2)(c2ccccc2)c2ccccc2)cc1. The van der Waals surface area contributed by atoms with Gasteiger partial charge >= 0.3 is 44.8 Å². The van der Waals surface area contributed by atoms with E-state index in [4.69, 9.17) is 0 Å². The summed E-state index contributed by atoms with van der Waals surface area (Å²) in [6, 6.07) is 88.5. The average Bonchev–Trinajstić information content (AvgIpc) is 1.02. The molecule has 8 aromatic carbocycles. The van der Waals surface area contributed by atoms with E-state index in [1.165, 1.54) is 43.7 Å². The van der Waals surface area contributed by atoms with Crippen molar-refractivity contribution in [3.05, 3.63) is 318 Å². The van der Waals surface area contributed by atoms with Crippen molar-refractivity contribution in [2.75, 3.05) is 13.2 Å². The fourth-order valence-corrected chi connectivity index (χ4v) is 12.1. The van der Waals surface area contributed by atoms with Crippen LogP contribution in [0.15, 0.2) is 292 Å². The second-order valence-corrected chi connectivity index (χ2v) is 23.6. The van der Waals surface area contributed by atoms with Crippen molar-refractivity contribution < 1.29 is 73.2 Å². The van der Waals surface area contributed by atoms with E-state index in [-0.39, 0.29) is 70.3 Å². The number of aromatic nitrogens is 8. The Morgan fingerprint density at radius 3 is 0.622 bits per heavy atom. The van der Waals surface area contributed by atoms with Crippen molar-refractivity contribution in [3.63, 3.8) is 0 Å². The van der Waals surface area contributed by atoms with Crippen molar-refractivity contribution in [2.24, 2.45) is 0 Å². The minimum atomic E-state index is -1.22. The summed E-state index contributed by atoms with van der Waals surface area (Å²) in [6.07, 6.45) is 25.6. The average molecular weight is 1560 g/mol. The maximum absolute atomic E-state index is 9.63. The normalized spacial score (nSPS) is 11.9. The number of imidazole rings is 4. The third kappa shape index (κ3) is 16.2. The van der Waals surface area contributed by atoms with Gasteiger partial charge in [-0.1, -0.05) is 243 Å². The van der Waals surface area contributed by atoms with E-state index in [1.54, 1.807) is 0 Å². The molecule has 0 atom stereocenters. The van der Waals surface area contributed by atoms with E-state index < -0.39 is 12.3 Å². The van der Waals surface area contributed by atoms with Gasteiger partial charge in [0.1, 0.15) is 25.5 Å². The molecule has 0 bridgehead atoms. The zero-order valence-corrected chi connectivity index (χ0v) is 57.2. The third-order valence-electron chi connectivity index (χ3n) is 16.7. The van der Waals surface area contributed by atoms with Gasteiger partial charge in [0.05, 0.1) is 24.2 Å². The summed E-state index contributed by atoms with van der Waals surface area (Å²) in [4.78, 5) is 0. The van der Waals surface area contributed by atoms with E-state index in [1.807, 2.05) is 86.1 Å². The quantitative estimate of drug-likeness (QED) is 0.0533. The van der Waals surface area contributed by atoms with Gasteiger partial charge in [-0.25, -0.2) is 0 Å². The first-order valence-electron chi connectivity index (χ1n) is 30.9. The molecule has 0 radical (unpaired) electrons. The molecule has 0 saturated carbocycles. The van der Waals surface area contributed by atoms with Crippen LogP contribution >= 0.6 is 0 Å². The molecule has 12 rings (SSSR count).